The second-order valence-corrected chi connectivity index (χ2v) is 12.1. The van der Waals surface area contributed by atoms with Crippen molar-refractivity contribution in [2.24, 2.45) is 0 Å². The highest BCUT2D eigenvalue weighted by Gasteiger charge is 2.43. The second-order valence-electron chi connectivity index (χ2n) is 7.95. The van der Waals surface area contributed by atoms with Crippen LogP contribution in [0.5, 0.6) is 0 Å². The number of anilines is 2. The molecule has 1 saturated heterocycles. The average Bonchev–Trinajstić information content (AvgIpc) is 3.18. The van der Waals surface area contributed by atoms with E-state index in [9.17, 15) is 4.79 Å². The lowest BCUT2D eigenvalue weighted by atomic mass is 10.1. The Hall–Kier alpha value is -2.10. The van der Waals surface area contributed by atoms with Gasteiger partial charge in [-0.1, -0.05) is 62.2 Å². The van der Waals surface area contributed by atoms with E-state index in [4.69, 9.17) is 16.5 Å². The van der Waals surface area contributed by atoms with E-state index < -0.39 is 6.34 Å². The molecule has 1 aliphatic rings. The van der Waals surface area contributed by atoms with Crippen molar-refractivity contribution in [3.63, 3.8) is 0 Å². The van der Waals surface area contributed by atoms with Gasteiger partial charge in [0.2, 0.25) is 0 Å². The van der Waals surface area contributed by atoms with E-state index in [1.807, 2.05) is 19.1 Å². The number of carbonyl (C=O) groups excluding carboxylic acids is 1. The van der Waals surface area contributed by atoms with Gasteiger partial charge in [0.1, 0.15) is 6.34 Å². The van der Waals surface area contributed by atoms with E-state index in [1.54, 1.807) is 0 Å². The predicted octanol–water partition coefficient (Wildman–Crippen LogP) is 7.13. The molecule has 0 N–H and O–H groups in total. The van der Waals surface area contributed by atoms with Crippen LogP contribution in [0.2, 0.25) is 0 Å². The molecule has 1 fully saturated rings. The SMILES string of the molecule is CCCC/C(CC)=C(\CC(=O)OCC)P1(=S)N(c2ccccc2)CCN1c1ccccc1. The zero-order valence-corrected chi connectivity index (χ0v) is 21.2. The first-order valence-electron chi connectivity index (χ1n) is 11.7. The number of benzene rings is 2. The molecule has 0 saturated carbocycles. The van der Waals surface area contributed by atoms with Gasteiger partial charge in [0.25, 0.3) is 0 Å². The van der Waals surface area contributed by atoms with Crippen LogP contribution in [0.25, 0.3) is 0 Å². The maximum absolute atomic E-state index is 12.8. The molecule has 6 heteroatoms. The van der Waals surface area contributed by atoms with E-state index in [0.29, 0.717) is 6.61 Å². The Kier molecular flexibility index (Phi) is 8.95. The molecule has 4 nitrogen and oxygen atoms in total. The summed E-state index contributed by atoms with van der Waals surface area (Å²) >= 11 is 6.69. The minimum atomic E-state index is -2.46. The molecule has 172 valence electrons. The first-order chi connectivity index (χ1) is 15.6. The number of esters is 1. The van der Waals surface area contributed by atoms with Crippen molar-refractivity contribution < 1.29 is 9.53 Å². The molecule has 0 amide bonds. The molecular weight excluding hydrogens is 435 g/mol. The fourth-order valence-electron chi connectivity index (χ4n) is 4.35. The molecule has 2 aromatic carbocycles. The second kappa shape index (κ2) is 11.7. The summed E-state index contributed by atoms with van der Waals surface area (Å²) in [4.78, 5) is 12.8. The van der Waals surface area contributed by atoms with Gasteiger partial charge in [-0.2, -0.15) is 0 Å². The van der Waals surface area contributed by atoms with E-state index in [2.05, 4.69) is 71.7 Å². The molecule has 1 aliphatic heterocycles. The van der Waals surface area contributed by atoms with E-state index in [-0.39, 0.29) is 12.4 Å². The van der Waals surface area contributed by atoms with Crippen LogP contribution in [-0.2, 0) is 21.3 Å². The quantitative estimate of drug-likeness (QED) is 0.272. The molecule has 2 aromatic rings. The molecule has 0 aliphatic carbocycles. The van der Waals surface area contributed by atoms with Crippen LogP contribution in [0.1, 0.15) is 52.9 Å². The molecule has 0 atom stereocenters. The third kappa shape index (κ3) is 5.27. The number of ether oxygens (including phenoxy) is 1. The predicted molar refractivity (Wildman–Crippen MR) is 140 cm³/mol. The van der Waals surface area contributed by atoms with Crippen molar-refractivity contribution in [3.8, 4) is 0 Å². The van der Waals surface area contributed by atoms with Crippen molar-refractivity contribution in [1.29, 1.82) is 0 Å². The minimum absolute atomic E-state index is 0.179. The van der Waals surface area contributed by atoms with Gasteiger partial charge in [-0.3, -0.25) is 4.79 Å². The molecule has 0 bridgehead atoms. The maximum Gasteiger partial charge on any atom is 0.310 e. The van der Waals surface area contributed by atoms with Crippen molar-refractivity contribution in [3.05, 3.63) is 71.6 Å². The van der Waals surface area contributed by atoms with E-state index in [0.717, 1.165) is 55.5 Å². The fourth-order valence-corrected chi connectivity index (χ4v) is 9.46. The number of nitrogens with zero attached hydrogens (tertiary/aromatic N) is 2. The van der Waals surface area contributed by atoms with Crippen LogP contribution in [-0.4, -0.2) is 25.7 Å². The summed E-state index contributed by atoms with van der Waals surface area (Å²) in [6.45, 7) is 8.32. The van der Waals surface area contributed by atoms with Gasteiger partial charge in [0, 0.05) is 29.8 Å². The van der Waals surface area contributed by atoms with Gasteiger partial charge < -0.3 is 14.1 Å². The molecular formula is C26H35N2O2PS. The van der Waals surface area contributed by atoms with Crippen LogP contribution in [0, 0.1) is 0 Å². The molecule has 1 heterocycles. The highest BCUT2D eigenvalue weighted by molar-refractivity contribution is 8.18. The van der Waals surface area contributed by atoms with E-state index >= 15 is 0 Å². The van der Waals surface area contributed by atoms with Gasteiger partial charge in [-0.05, 0) is 62.3 Å². The normalized spacial score (nSPS) is 16.1. The van der Waals surface area contributed by atoms with Crippen LogP contribution in [0.15, 0.2) is 71.6 Å². The third-order valence-corrected chi connectivity index (χ3v) is 11.1. The molecule has 0 unspecified atom stereocenters. The summed E-state index contributed by atoms with van der Waals surface area (Å²) in [5.41, 5.74) is 3.58. The van der Waals surface area contributed by atoms with Crippen molar-refractivity contribution in [2.45, 2.75) is 52.9 Å². The van der Waals surface area contributed by atoms with Crippen LogP contribution < -0.4 is 9.34 Å². The number of hydrogen-bond acceptors (Lipinski definition) is 3. The third-order valence-electron chi connectivity index (χ3n) is 5.92. The summed E-state index contributed by atoms with van der Waals surface area (Å²) in [7, 11) is 0. The van der Waals surface area contributed by atoms with Crippen LogP contribution in [0.4, 0.5) is 11.4 Å². The average molecular weight is 471 g/mol. The Morgan fingerprint density at radius 3 is 1.91 bits per heavy atom. The fraction of sp³-hybridized carbons (Fsp3) is 0.423. The van der Waals surface area contributed by atoms with Gasteiger partial charge in [0.05, 0.1) is 13.0 Å². The van der Waals surface area contributed by atoms with Crippen molar-refractivity contribution in [1.82, 2.24) is 0 Å². The highest BCUT2D eigenvalue weighted by Crippen LogP contribution is 2.67. The summed E-state index contributed by atoms with van der Waals surface area (Å²) in [6, 6.07) is 20.9. The number of carbonyl (C=O) groups is 1. The molecule has 3 rings (SSSR count). The summed E-state index contributed by atoms with van der Waals surface area (Å²) < 4.78 is 10.2. The van der Waals surface area contributed by atoms with Crippen molar-refractivity contribution >= 4 is 35.5 Å². The Labute approximate surface area is 198 Å². The first-order valence-corrected chi connectivity index (χ1v) is 14.4. The van der Waals surface area contributed by atoms with E-state index in [1.165, 1.54) is 5.57 Å². The smallest absolute Gasteiger partial charge is 0.310 e. The van der Waals surface area contributed by atoms with Gasteiger partial charge in [-0.25, -0.2) is 0 Å². The summed E-state index contributed by atoms with van der Waals surface area (Å²) in [6.07, 6.45) is 1.91. The summed E-state index contributed by atoms with van der Waals surface area (Å²) in [5.74, 6) is -0.179. The Balaban J connectivity index is 2.20. The number of para-hydroxylation sites is 2. The van der Waals surface area contributed by atoms with Crippen LogP contribution in [0.3, 0.4) is 0 Å². The number of hydrogen-bond donors (Lipinski definition) is 0. The number of rotatable bonds is 10. The molecule has 32 heavy (non-hydrogen) atoms. The van der Waals surface area contributed by atoms with Crippen molar-refractivity contribution in [2.75, 3.05) is 29.0 Å². The highest BCUT2D eigenvalue weighted by atomic mass is 32.4. The van der Waals surface area contributed by atoms with Gasteiger partial charge in [-0.15, -0.1) is 0 Å². The Morgan fingerprint density at radius 2 is 1.47 bits per heavy atom. The topological polar surface area (TPSA) is 32.8 Å². The number of unbranched alkanes of at least 4 members (excludes halogenated alkanes) is 1. The lowest BCUT2D eigenvalue weighted by Crippen LogP contribution is -2.22. The zero-order valence-electron chi connectivity index (χ0n) is 19.5. The monoisotopic (exact) mass is 470 g/mol. The standard InChI is InChI=1S/C26H35N2O2PS/c1-4-7-14-22(5-2)25(21-26(29)30-6-3)31(32)27(23-15-10-8-11-16-23)19-20-28(31)24-17-12-9-13-18-24/h8-13,15-18H,4-7,14,19-21H2,1-3H3/b25-22+. The molecule has 0 radical (unpaired) electrons. The molecule has 0 aromatic heterocycles. The lowest BCUT2D eigenvalue weighted by Gasteiger charge is -2.39. The Morgan fingerprint density at radius 1 is 0.938 bits per heavy atom. The minimum Gasteiger partial charge on any atom is -0.466 e. The Bertz CT molecular complexity index is 911. The largest absolute Gasteiger partial charge is 0.466 e. The zero-order chi connectivity index (χ0) is 23.0. The summed E-state index contributed by atoms with van der Waals surface area (Å²) in [5, 5.41) is 1.12. The lowest BCUT2D eigenvalue weighted by molar-refractivity contribution is -0.142. The van der Waals surface area contributed by atoms with Gasteiger partial charge >= 0.3 is 5.97 Å². The maximum atomic E-state index is 12.8. The molecule has 0 spiro atoms. The van der Waals surface area contributed by atoms with Crippen LogP contribution >= 0.6 is 6.34 Å². The first kappa shape index (κ1) is 24.5. The van der Waals surface area contributed by atoms with Gasteiger partial charge in [0.15, 0.2) is 0 Å². The number of allylic oxidation sites excluding steroid dienone is 1.